The van der Waals surface area contributed by atoms with Gasteiger partial charge in [0.05, 0.1) is 13.2 Å². The predicted octanol–water partition coefficient (Wildman–Crippen LogP) is 2.77. The average Bonchev–Trinajstić information content (AvgIpc) is 3.15. The predicted molar refractivity (Wildman–Crippen MR) is 76.5 cm³/mol. The first-order valence-corrected chi connectivity index (χ1v) is 7.03. The van der Waals surface area contributed by atoms with Gasteiger partial charge in [-0.1, -0.05) is 30.2 Å². The van der Waals surface area contributed by atoms with E-state index in [9.17, 15) is 9.90 Å². The van der Waals surface area contributed by atoms with Gasteiger partial charge in [0.2, 0.25) is 0 Å². The van der Waals surface area contributed by atoms with Crippen molar-refractivity contribution in [1.82, 2.24) is 15.0 Å². The number of aromatic nitrogens is 3. The standard InChI is InChI=1S/C15H17N3O3/c1-21-12-8-4-5-10(9-12)14-13(15(19)20)16-17-18(14)11-6-2-3-7-11/h4-5,8-9,11H,2-3,6-7H2,1H3,(H,19,20). The number of methoxy groups -OCH3 is 1. The topological polar surface area (TPSA) is 77.2 Å². The van der Waals surface area contributed by atoms with E-state index >= 15 is 0 Å². The summed E-state index contributed by atoms with van der Waals surface area (Å²) in [6.45, 7) is 0. The van der Waals surface area contributed by atoms with Gasteiger partial charge in [0, 0.05) is 5.56 Å². The second-order valence-corrected chi connectivity index (χ2v) is 5.21. The molecule has 6 nitrogen and oxygen atoms in total. The van der Waals surface area contributed by atoms with Crippen molar-refractivity contribution in [3.05, 3.63) is 30.0 Å². The van der Waals surface area contributed by atoms with Crippen LogP contribution in [0.15, 0.2) is 24.3 Å². The third-order valence-electron chi connectivity index (χ3n) is 3.91. The minimum Gasteiger partial charge on any atom is -0.497 e. The molecule has 0 atom stereocenters. The highest BCUT2D eigenvalue weighted by Gasteiger charge is 2.27. The number of carbonyl (C=O) groups is 1. The Bertz CT molecular complexity index is 660. The Morgan fingerprint density at radius 1 is 1.38 bits per heavy atom. The molecule has 21 heavy (non-hydrogen) atoms. The molecular formula is C15H17N3O3. The third-order valence-corrected chi connectivity index (χ3v) is 3.91. The summed E-state index contributed by atoms with van der Waals surface area (Å²) in [7, 11) is 1.59. The third kappa shape index (κ3) is 2.49. The van der Waals surface area contributed by atoms with E-state index in [1.165, 1.54) is 0 Å². The van der Waals surface area contributed by atoms with E-state index in [0.29, 0.717) is 11.4 Å². The van der Waals surface area contributed by atoms with Gasteiger partial charge in [0.1, 0.15) is 11.4 Å². The fourth-order valence-corrected chi connectivity index (χ4v) is 2.88. The Labute approximate surface area is 122 Å². The Hall–Kier alpha value is -2.37. The number of ether oxygens (including phenoxy) is 1. The maximum absolute atomic E-state index is 11.4. The lowest BCUT2D eigenvalue weighted by Gasteiger charge is -2.14. The van der Waals surface area contributed by atoms with E-state index in [2.05, 4.69) is 10.3 Å². The molecule has 0 saturated heterocycles. The summed E-state index contributed by atoms with van der Waals surface area (Å²) < 4.78 is 6.99. The van der Waals surface area contributed by atoms with Gasteiger partial charge in [-0.25, -0.2) is 9.48 Å². The number of hydrogen-bond acceptors (Lipinski definition) is 4. The van der Waals surface area contributed by atoms with Crippen LogP contribution in [-0.2, 0) is 0 Å². The molecule has 0 spiro atoms. The van der Waals surface area contributed by atoms with Crippen molar-refractivity contribution in [3.8, 4) is 17.0 Å². The van der Waals surface area contributed by atoms with Gasteiger partial charge in [-0.15, -0.1) is 5.10 Å². The first kappa shape index (κ1) is 13.6. The molecule has 0 unspecified atom stereocenters. The fraction of sp³-hybridized carbons (Fsp3) is 0.400. The summed E-state index contributed by atoms with van der Waals surface area (Å²) in [4.78, 5) is 11.4. The van der Waals surface area contributed by atoms with Crippen molar-refractivity contribution in [3.63, 3.8) is 0 Å². The molecule has 3 rings (SSSR count). The molecule has 1 aromatic carbocycles. The molecule has 0 bridgehead atoms. The van der Waals surface area contributed by atoms with E-state index < -0.39 is 5.97 Å². The van der Waals surface area contributed by atoms with E-state index in [4.69, 9.17) is 4.74 Å². The lowest BCUT2D eigenvalue weighted by molar-refractivity contribution is 0.0691. The van der Waals surface area contributed by atoms with Crippen LogP contribution in [0.3, 0.4) is 0 Å². The van der Waals surface area contributed by atoms with Crippen LogP contribution >= 0.6 is 0 Å². The maximum atomic E-state index is 11.4. The van der Waals surface area contributed by atoms with Crippen LogP contribution in [-0.4, -0.2) is 33.2 Å². The van der Waals surface area contributed by atoms with Gasteiger partial charge in [-0.05, 0) is 25.0 Å². The molecule has 1 fully saturated rings. The van der Waals surface area contributed by atoms with Gasteiger partial charge in [-0.2, -0.15) is 0 Å². The molecule has 6 heteroatoms. The summed E-state index contributed by atoms with van der Waals surface area (Å²) in [6, 6.07) is 7.57. The monoisotopic (exact) mass is 287 g/mol. The molecular weight excluding hydrogens is 270 g/mol. The number of carboxylic acid groups (broad SMARTS) is 1. The smallest absolute Gasteiger partial charge is 0.358 e. The number of nitrogens with zero attached hydrogens (tertiary/aromatic N) is 3. The van der Waals surface area contributed by atoms with Crippen molar-refractivity contribution in [1.29, 1.82) is 0 Å². The SMILES string of the molecule is COc1cccc(-c2c(C(=O)O)nnn2C2CCCC2)c1. The molecule has 0 radical (unpaired) electrons. The summed E-state index contributed by atoms with van der Waals surface area (Å²) in [6.07, 6.45) is 4.31. The summed E-state index contributed by atoms with van der Waals surface area (Å²) in [5.74, 6) is -0.375. The van der Waals surface area contributed by atoms with Crippen molar-refractivity contribution in [2.75, 3.05) is 7.11 Å². The molecule has 1 heterocycles. The summed E-state index contributed by atoms with van der Waals surface area (Å²) >= 11 is 0. The largest absolute Gasteiger partial charge is 0.497 e. The van der Waals surface area contributed by atoms with Gasteiger partial charge in [-0.3, -0.25) is 0 Å². The number of rotatable bonds is 4. The lowest BCUT2D eigenvalue weighted by atomic mass is 10.1. The average molecular weight is 287 g/mol. The molecule has 2 aromatic rings. The summed E-state index contributed by atoms with van der Waals surface area (Å²) in [5, 5.41) is 17.3. The van der Waals surface area contributed by atoms with Crippen LogP contribution in [0.25, 0.3) is 11.3 Å². The van der Waals surface area contributed by atoms with E-state index in [1.54, 1.807) is 11.8 Å². The number of hydrogen-bond donors (Lipinski definition) is 1. The second kappa shape index (κ2) is 5.55. The van der Waals surface area contributed by atoms with Crippen molar-refractivity contribution < 1.29 is 14.6 Å². The van der Waals surface area contributed by atoms with Crippen molar-refractivity contribution >= 4 is 5.97 Å². The lowest BCUT2D eigenvalue weighted by Crippen LogP contribution is -2.09. The Morgan fingerprint density at radius 2 is 2.14 bits per heavy atom. The minimum atomic E-state index is -1.06. The molecule has 1 N–H and O–H groups in total. The molecule has 1 saturated carbocycles. The van der Waals surface area contributed by atoms with Crippen molar-refractivity contribution in [2.24, 2.45) is 0 Å². The first-order valence-electron chi connectivity index (χ1n) is 7.03. The molecule has 0 amide bonds. The van der Waals surface area contributed by atoms with Gasteiger partial charge in [0.25, 0.3) is 0 Å². The zero-order valence-corrected chi connectivity index (χ0v) is 11.8. The highest BCUT2D eigenvalue weighted by Crippen LogP contribution is 2.34. The zero-order valence-electron chi connectivity index (χ0n) is 11.8. The quantitative estimate of drug-likeness (QED) is 0.935. The normalized spacial score (nSPS) is 15.3. The highest BCUT2D eigenvalue weighted by molar-refractivity contribution is 5.92. The van der Waals surface area contributed by atoms with E-state index in [0.717, 1.165) is 31.2 Å². The van der Waals surface area contributed by atoms with Gasteiger partial charge < -0.3 is 9.84 Å². The maximum Gasteiger partial charge on any atom is 0.358 e. The van der Waals surface area contributed by atoms with Crippen LogP contribution in [0, 0.1) is 0 Å². The van der Waals surface area contributed by atoms with Gasteiger partial charge >= 0.3 is 5.97 Å². The molecule has 110 valence electrons. The minimum absolute atomic E-state index is 0.00449. The van der Waals surface area contributed by atoms with Crippen LogP contribution in [0.5, 0.6) is 5.75 Å². The zero-order chi connectivity index (χ0) is 14.8. The van der Waals surface area contributed by atoms with Crippen LogP contribution in [0.4, 0.5) is 0 Å². The Morgan fingerprint density at radius 3 is 2.81 bits per heavy atom. The number of benzene rings is 1. The Balaban J connectivity index is 2.13. The highest BCUT2D eigenvalue weighted by atomic mass is 16.5. The van der Waals surface area contributed by atoms with E-state index in [1.807, 2.05) is 24.3 Å². The second-order valence-electron chi connectivity index (χ2n) is 5.21. The van der Waals surface area contributed by atoms with E-state index in [-0.39, 0.29) is 11.7 Å². The molecule has 1 aliphatic rings. The summed E-state index contributed by atoms with van der Waals surface area (Å²) in [5.41, 5.74) is 1.33. The fourth-order valence-electron chi connectivity index (χ4n) is 2.88. The first-order chi connectivity index (χ1) is 10.2. The molecule has 0 aliphatic heterocycles. The molecule has 1 aliphatic carbocycles. The van der Waals surface area contributed by atoms with Crippen LogP contribution < -0.4 is 4.74 Å². The van der Waals surface area contributed by atoms with Crippen LogP contribution in [0.1, 0.15) is 42.2 Å². The Kier molecular flexibility index (Phi) is 3.60. The number of carboxylic acids is 1. The van der Waals surface area contributed by atoms with Crippen LogP contribution in [0.2, 0.25) is 0 Å². The van der Waals surface area contributed by atoms with Gasteiger partial charge in [0.15, 0.2) is 5.69 Å². The van der Waals surface area contributed by atoms with Crippen molar-refractivity contribution in [2.45, 2.75) is 31.7 Å². The molecule has 1 aromatic heterocycles. The number of aromatic carboxylic acids is 1.